The van der Waals surface area contributed by atoms with Gasteiger partial charge in [-0.2, -0.15) is 0 Å². The molecule has 6 heteroatoms. The van der Waals surface area contributed by atoms with E-state index in [1.807, 2.05) is 24.3 Å². The zero-order valence-corrected chi connectivity index (χ0v) is 17.2. The monoisotopic (exact) mass is 361 g/mol. The molecule has 0 radical (unpaired) electrons. The van der Waals surface area contributed by atoms with Crippen LogP contribution in [0.25, 0.3) is 0 Å². The Morgan fingerprint density at radius 3 is 2.19 bits per heavy atom. The van der Waals surface area contributed by atoms with E-state index >= 15 is 0 Å². The standard InChI is InChI=1S/C20H35N5O/c1-7-21-20(22-14-16(4)25(8-2)9-3)23-15-17-10-12-18(13-11-17)19(26)24(5)6/h10-13,16H,7-9,14-15H2,1-6H3,(H2,21,22,23). The first-order chi connectivity index (χ1) is 12.4. The smallest absolute Gasteiger partial charge is 0.253 e. The molecule has 1 aromatic carbocycles. The summed E-state index contributed by atoms with van der Waals surface area (Å²) in [5, 5.41) is 6.71. The molecule has 26 heavy (non-hydrogen) atoms. The molecule has 0 heterocycles. The first kappa shape index (κ1) is 22.0. The summed E-state index contributed by atoms with van der Waals surface area (Å²) in [5.41, 5.74) is 1.77. The summed E-state index contributed by atoms with van der Waals surface area (Å²) in [5.74, 6) is 0.834. The van der Waals surface area contributed by atoms with Crippen LogP contribution in [0.1, 0.15) is 43.6 Å². The Morgan fingerprint density at radius 1 is 1.08 bits per heavy atom. The second-order valence-corrected chi connectivity index (χ2v) is 6.54. The molecule has 0 bridgehead atoms. The summed E-state index contributed by atoms with van der Waals surface area (Å²) >= 11 is 0. The second kappa shape index (κ2) is 11.5. The van der Waals surface area contributed by atoms with Crippen molar-refractivity contribution in [3.05, 3.63) is 35.4 Å². The van der Waals surface area contributed by atoms with Gasteiger partial charge in [-0.3, -0.25) is 9.69 Å². The van der Waals surface area contributed by atoms with Crippen LogP contribution in [0.5, 0.6) is 0 Å². The van der Waals surface area contributed by atoms with E-state index in [0.717, 1.165) is 37.7 Å². The Balaban J connectivity index is 2.67. The molecule has 1 rings (SSSR count). The van der Waals surface area contributed by atoms with Gasteiger partial charge in [0.25, 0.3) is 5.91 Å². The van der Waals surface area contributed by atoms with E-state index in [1.54, 1.807) is 19.0 Å². The van der Waals surface area contributed by atoms with Crippen LogP contribution >= 0.6 is 0 Å². The zero-order chi connectivity index (χ0) is 19.5. The zero-order valence-electron chi connectivity index (χ0n) is 17.2. The highest BCUT2D eigenvalue weighted by atomic mass is 16.2. The molecule has 146 valence electrons. The van der Waals surface area contributed by atoms with Crippen molar-refractivity contribution in [2.75, 3.05) is 40.3 Å². The maximum Gasteiger partial charge on any atom is 0.253 e. The van der Waals surface area contributed by atoms with Gasteiger partial charge in [0.2, 0.25) is 0 Å². The highest BCUT2D eigenvalue weighted by molar-refractivity contribution is 5.93. The quantitative estimate of drug-likeness (QED) is 0.523. The Labute approximate surface area is 158 Å². The van der Waals surface area contributed by atoms with Gasteiger partial charge in [0.05, 0.1) is 6.54 Å². The SMILES string of the molecule is CCNC(=NCc1ccc(C(=O)N(C)C)cc1)NCC(C)N(CC)CC. The largest absolute Gasteiger partial charge is 0.357 e. The van der Waals surface area contributed by atoms with Crippen LogP contribution in [0.4, 0.5) is 0 Å². The van der Waals surface area contributed by atoms with Crippen molar-refractivity contribution in [3.63, 3.8) is 0 Å². The Morgan fingerprint density at radius 2 is 1.69 bits per heavy atom. The Hall–Kier alpha value is -2.08. The molecular weight excluding hydrogens is 326 g/mol. The summed E-state index contributed by atoms with van der Waals surface area (Å²) in [6.45, 7) is 13.0. The lowest BCUT2D eigenvalue weighted by molar-refractivity contribution is 0.0827. The summed E-state index contributed by atoms with van der Waals surface area (Å²) in [6.07, 6.45) is 0. The van der Waals surface area contributed by atoms with Gasteiger partial charge in [-0.1, -0.05) is 26.0 Å². The third-order valence-corrected chi connectivity index (χ3v) is 4.37. The van der Waals surface area contributed by atoms with Gasteiger partial charge in [-0.15, -0.1) is 0 Å². The van der Waals surface area contributed by atoms with Gasteiger partial charge < -0.3 is 15.5 Å². The van der Waals surface area contributed by atoms with Crippen LogP contribution in [0.3, 0.4) is 0 Å². The lowest BCUT2D eigenvalue weighted by Crippen LogP contribution is -2.45. The van der Waals surface area contributed by atoms with Gasteiger partial charge in [-0.25, -0.2) is 4.99 Å². The molecule has 2 N–H and O–H groups in total. The van der Waals surface area contributed by atoms with Crippen molar-refractivity contribution in [2.45, 2.75) is 40.3 Å². The Kier molecular flexibility index (Phi) is 9.73. The van der Waals surface area contributed by atoms with Crippen molar-refractivity contribution in [2.24, 2.45) is 4.99 Å². The minimum absolute atomic E-state index is 0.0143. The highest BCUT2D eigenvalue weighted by Gasteiger charge is 2.10. The lowest BCUT2D eigenvalue weighted by atomic mass is 10.1. The molecule has 0 saturated heterocycles. The van der Waals surface area contributed by atoms with E-state index in [2.05, 4.69) is 48.2 Å². The lowest BCUT2D eigenvalue weighted by Gasteiger charge is -2.27. The minimum Gasteiger partial charge on any atom is -0.357 e. The number of guanidine groups is 1. The van der Waals surface area contributed by atoms with E-state index in [-0.39, 0.29) is 5.91 Å². The van der Waals surface area contributed by atoms with Crippen LogP contribution in [0.15, 0.2) is 29.3 Å². The maximum atomic E-state index is 11.9. The molecule has 6 nitrogen and oxygen atoms in total. The van der Waals surface area contributed by atoms with Gasteiger partial charge in [0.15, 0.2) is 5.96 Å². The van der Waals surface area contributed by atoms with Gasteiger partial charge in [0, 0.05) is 38.8 Å². The molecule has 0 saturated carbocycles. The van der Waals surface area contributed by atoms with Crippen LogP contribution in [-0.4, -0.2) is 68.0 Å². The number of carbonyl (C=O) groups excluding carboxylic acids is 1. The number of benzene rings is 1. The molecule has 0 aliphatic rings. The highest BCUT2D eigenvalue weighted by Crippen LogP contribution is 2.07. The molecule has 0 aliphatic heterocycles. The number of carbonyl (C=O) groups is 1. The molecule has 0 fully saturated rings. The predicted molar refractivity (Wildman–Crippen MR) is 110 cm³/mol. The van der Waals surface area contributed by atoms with Crippen molar-refractivity contribution >= 4 is 11.9 Å². The minimum atomic E-state index is 0.0143. The number of nitrogens with one attached hydrogen (secondary N) is 2. The van der Waals surface area contributed by atoms with Gasteiger partial charge in [0.1, 0.15) is 0 Å². The van der Waals surface area contributed by atoms with E-state index in [1.165, 1.54) is 0 Å². The number of nitrogens with zero attached hydrogens (tertiary/aromatic N) is 3. The number of rotatable bonds is 9. The van der Waals surface area contributed by atoms with Crippen LogP contribution in [0, 0.1) is 0 Å². The molecule has 1 unspecified atom stereocenters. The first-order valence-corrected chi connectivity index (χ1v) is 9.49. The molecule has 1 amide bonds. The molecule has 0 spiro atoms. The van der Waals surface area contributed by atoms with Crippen molar-refractivity contribution in [3.8, 4) is 0 Å². The average Bonchev–Trinajstić information content (AvgIpc) is 2.64. The van der Waals surface area contributed by atoms with E-state index < -0.39 is 0 Å². The summed E-state index contributed by atoms with van der Waals surface area (Å²) in [4.78, 5) is 20.6. The van der Waals surface area contributed by atoms with Crippen LogP contribution < -0.4 is 10.6 Å². The van der Waals surface area contributed by atoms with E-state index in [0.29, 0.717) is 18.2 Å². The van der Waals surface area contributed by atoms with E-state index in [4.69, 9.17) is 0 Å². The van der Waals surface area contributed by atoms with Gasteiger partial charge >= 0.3 is 0 Å². The fraction of sp³-hybridized carbons (Fsp3) is 0.600. The van der Waals surface area contributed by atoms with Crippen LogP contribution in [-0.2, 0) is 6.54 Å². The normalized spacial score (nSPS) is 12.8. The molecule has 0 aliphatic carbocycles. The van der Waals surface area contributed by atoms with Crippen LogP contribution in [0.2, 0.25) is 0 Å². The summed E-state index contributed by atoms with van der Waals surface area (Å²) in [7, 11) is 3.52. The Bertz CT molecular complexity index is 564. The molecule has 1 atom stereocenters. The first-order valence-electron chi connectivity index (χ1n) is 9.49. The van der Waals surface area contributed by atoms with Gasteiger partial charge in [-0.05, 0) is 44.6 Å². The fourth-order valence-corrected chi connectivity index (χ4v) is 2.74. The average molecular weight is 362 g/mol. The number of hydrogen-bond donors (Lipinski definition) is 2. The molecular formula is C20H35N5O. The third kappa shape index (κ3) is 7.04. The number of likely N-dealkylation sites (N-methyl/N-ethyl adjacent to an activating group) is 1. The van der Waals surface area contributed by atoms with E-state index in [9.17, 15) is 4.79 Å². The topological polar surface area (TPSA) is 60.0 Å². The fourth-order valence-electron chi connectivity index (χ4n) is 2.74. The summed E-state index contributed by atoms with van der Waals surface area (Å²) < 4.78 is 0. The maximum absolute atomic E-state index is 11.9. The second-order valence-electron chi connectivity index (χ2n) is 6.54. The van der Waals surface area contributed by atoms with Crippen molar-refractivity contribution in [1.29, 1.82) is 0 Å². The third-order valence-electron chi connectivity index (χ3n) is 4.37. The van der Waals surface area contributed by atoms with Crippen molar-refractivity contribution in [1.82, 2.24) is 20.4 Å². The predicted octanol–water partition coefficient (Wildman–Crippen LogP) is 2.17. The number of hydrogen-bond acceptors (Lipinski definition) is 3. The molecule has 0 aromatic heterocycles. The number of amides is 1. The van der Waals surface area contributed by atoms with Crippen molar-refractivity contribution < 1.29 is 4.79 Å². The molecule has 1 aromatic rings. The number of aliphatic imine (C=N–C) groups is 1. The summed E-state index contributed by atoms with van der Waals surface area (Å²) in [6, 6.07) is 8.08.